The van der Waals surface area contributed by atoms with Crippen LogP contribution >= 0.6 is 0 Å². The lowest BCUT2D eigenvalue weighted by Gasteiger charge is -2.47. The number of aliphatic hydroxyl groups excluding tert-OH is 1. The normalized spacial score (nSPS) is 20.9. The molecule has 1 amide bonds. The van der Waals surface area contributed by atoms with Crippen LogP contribution in [0.3, 0.4) is 0 Å². The molecule has 1 fully saturated rings. The third-order valence-corrected chi connectivity index (χ3v) is 7.87. The van der Waals surface area contributed by atoms with Crippen molar-refractivity contribution in [2.75, 3.05) is 7.11 Å². The minimum absolute atomic E-state index is 0.0153. The molecule has 1 aromatic heterocycles. The zero-order valence-corrected chi connectivity index (χ0v) is 25.0. The van der Waals surface area contributed by atoms with E-state index in [0.717, 1.165) is 0 Å². The number of Topliss-reactive ketones (excluding diaryl/α,β-unsaturated/α-hetero) is 1. The van der Waals surface area contributed by atoms with Crippen LogP contribution in [0.1, 0.15) is 35.3 Å². The van der Waals surface area contributed by atoms with E-state index in [2.05, 4.69) is 0 Å². The number of aromatic hydroxyl groups is 2. The molecule has 5 rings (SSSR count). The van der Waals surface area contributed by atoms with Gasteiger partial charge in [-0.05, 0) is 44.5 Å². The summed E-state index contributed by atoms with van der Waals surface area (Å²) in [5.41, 5.74) is 4.26. The van der Waals surface area contributed by atoms with Gasteiger partial charge in [-0.1, -0.05) is 42.5 Å². The molecular formula is C33H33NO11. The number of amides is 1. The number of hydrogen-bond donors (Lipinski definition) is 4. The fourth-order valence-electron chi connectivity index (χ4n) is 5.63. The minimum Gasteiger partial charge on any atom is -0.507 e. The summed E-state index contributed by atoms with van der Waals surface area (Å²) in [6.45, 7) is 4.88. The minimum atomic E-state index is -1.52. The fourth-order valence-corrected chi connectivity index (χ4v) is 5.63. The van der Waals surface area contributed by atoms with Crippen LogP contribution in [0.2, 0.25) is 0 Å². The summed E-state index contributed by atoms with van der Waals surface area (Å²) in [6, 6.07) is 16.6. The van der Waals surface area contributed by atoms with Crippen molar-refractivity contribution in [1.29, 1.82) is 0 Å². The van der Waals surface area contributed by atoms with Gasteiger partial charge < -0.3 is 44.4 Å². The maximum atomic E-state index is 13.3. The molecule has 45 heavy (non-hydrogen) atoms. The summed E-state index contributed by atoms with van der Waals surface area (Å²) in [4.78, 5) is 37.9. The lowest BCUT2D eigenvalue weighted by atomic mass is 9.89. The Bertz CT molecular complexity index is 1820. The van der Waals surface area contributed by atoms with Crippen molar-refractivity contribution in [3.63, 3.8) is 0 Å². The van der Waals surface area contributed by atoms with Crippen molar-refractivity contribution in [3.05, 3.63) is 87.8 Å². The number of carbonyl (C=O) groups is 2. The van der Waals surface area contributed by atoms with Gasteiger partial charge in [0.15, 0.2) is 18.0 Å². The summed E-state index contributed by atoms with van der Waals surface area (Å²) in [6.07, 6.45) is -6.63. The number of phenols is 1. The van der Waals surface area contributed by atoms with Crippen molar-refractivity contribution < 1.29 is 48.3 Å². The fraction of sp³-hybridized carbons (Fsp3) is 0.303. The molecule has 4 atom stereocenters. The summed E-state index contributed by atoms with van der Waals surface area (Å²) >= 11 is 0. The van der Waals surface area contributed by atoms with Gasteiger partial charge >= 0.3 is 11.7 Å². The molecule has 0 bridgehead atoms. The SMILES string of the molecule is CO[C@@H]1[C@@H](OC(N)=O)[C@@H](O)[C@H](Oc2ccc3c(O)c(CC(=O)c4cccc(-c5ccccc5)c4O)c(=O)oc3c2C)OC1(C)C. The summed E-state index contributed by atoms with van der Waals surface area (Å²) < 4.78 is 28.0. The second-order valence-corrected chi connectivity index (χ2v) is 11.2. The summed E-state index contributed by atoms with van der Waals surface area (Å²) in [5, 5.41) is 33.1. The zero-order valence-electron chi connectivity index (χ0n) is 25.0. The molecule has 0 aliphatic carbocycles. The van der Waals surface area contributed by atoms with E-state index in [0.29, 0.717) is 11.1 Å². The highest BCUT2D eigenvalue weighted by Gasteiger charge is 2.53. The van der Waals surface area contributed by atoms with Crippen LogP contribution in [-0.4, -0.2) is 64.5 Å². The van der Waals surface area contributed by atoms with Crippen molar-refractivity contribution in [2.24, 2.45) is 5.73 Å². The predicted octanol–water partition coefficient (Wildman–Crippen LogP) is 3.96. The number of aliphatic hydroxyl groups is 1. The molecule has 5 N–H and O–H groups in total. The van der Waals surface area contributed by atoms with E-state index in [4.69, 9.17) is 29.1 Å². The Kier molecular flexibility index (Phi) is 8.57. The van der Waals surface area contributed by atoms with Crippen molar-refractivity contribution in [3.8, 4) is 28.4 Å². The first-order valence-corrected chi connectivity index (χ1v) is 14.0. The molecule has 236 valence electrons. The molecule has 12 heteroatoms. The maximum Gasteiger partial charge on any atom is 0.404 e. The number of hydrogen-bond acceptors (Lipinski definition) is 11. The number of nitrogens with two attached hydrogens (primary N) is 1. The molecule has 4 aromatic rings. The highest BCUT2D eigenvalue weighted by molar-refractivity contribution is 6.02. The highest BCUT2D eigenvalue weighted by atomic mass is 16.7. The van der Waals surface area contributed by atoms with E-state index in [1.54, 1.807) is 57.2 Å². The summed E-state index contributed by atoms with van der Waals surface area (Å²) in [5.74, 6) is -1.18. The van der Waals surface area contributed by atoms with Crippen LogP contribution in [0.5, 0.6) is 17.2 Å². The van der Waals surface area contributed by atoms with Crippen LogP contribution in [0.4, 0.5) is 4.79 Å². The third-order valence-electron chi connectivity index (χ3n) is 7.87. The predicted molar refractivity (Wildman–Crippen MR) is 161 cm³/mol. The molecule has 0 saturated carbocycles. The standard InChI is InChI=1S/C33H33NO11/c1-16-23(42-31-26(38)28(44-32(34)40)29(41-4)33(2,3)45-31)14-13-20-25(37)21(30(39)43-27(16)20)15-22(35)19-12-8-11-18(24(19)36)17-9-6-5-7-10-17/h5-14,26,28-29,31,36-38H,15H2,1-4H3,(H2,34,40)/t26-,28+,29-,31-/m1/s1. The van der Waals surface area contributed by atoms with E-state index in [1.807, 2.05) is 6.07 Å². The number of ether oxygens (including phenoxy) is 4. The monoisotopic (exact) mass is 619 g/mol. The first kappa shape index (κ1) is 31.5. The first-order chi connectivity index (χ1) is 21.3. The number of methoxy groups -OCH3 is 1. The van der Waals surface area contributed by atoms with Gasteiger partial charge in [0.25, 0.3) is 0 Å². The molecule has 1 saturated heterocycles. The number of para-hydroxylation sites is 1. The molecule has 12 nitrogen and oxygen atoms in total. The number of rotatable bonds is 8. The number of fused-ring (bicyclic) bond motifs is 1. The van der Waals surface area contributed by atoms with Gasteiger partial charge in [-0.25, -0.2) is 9.59 Å². The Morgan fingerprint density at radius 2 is 1.71 bits per heavy atom. The molecular weight excluding hydrogens is 586 g/mol. The van der Waals surface area contributed by atoms with Crippen molar-refractivity contribution in [1.82, 2.24) is 0 Å². The number of phenolic OH excluding ortho intramolecular Hbond substituents is 1. The number of ketones is 1. The second-order valence-electron chi connectivity index (χ2n) is 11.2. The first-order valence-electron chi connectivity index (χ1n) is 14.0. The van der Waals surface area contributed by atoms with Crippen LogP contribution < -0.4 is 16.1 Å². The van der Waals surface area contributed by atoms with Gasteiger partial charge in [0.2, 0.25) is 6.29 Å². The van der Waals surface area contributed by atoms with Crippen LogP contribution in [0, 0.1) is 6.92 Å². The molecule has 1 aliphatic rings. The number of aryl methyl sites for hydroxylation is 1. The van der Waals surface area contributed by atoms with Gasteiger partial charge in [-0.2, -0.15) is 0 Å². The van der Waals surface area contributed by atoms with E-state index in [1.165, 1.54) is 25.3 Å². The highest BCUT2D eigenvalue weighted by Crippen LogP contribution is 2.38. The van der Waals surface area contributed by atoms with E-state index < -0.39 is 59.9 Å². The van der Waals surface area contributed by atoms with Gasteiger partial charge in [0.05, 0.1) is 22.1 Å². The van der Waals surface area contributed by atoms with Crippen molar-refractivity contribution in [2.45, 2.75) is 57.4 Å². The summed E-state index contributed by atoms with van der Waals surface area (Å²) in [7, 11) is 1.37. The lowest BCUT2D eigenvalue weighted by molar-refractivity contribution is -0.304. The molecule has 0 unspecified atom stereocenters. The molecule has 0 spiro atoms. The molecule has 1 aliphatic heterocycles. The average molecular weight is 620 g/mol. The van der Waals surface area contributed by atoms with Crippen LogP contribution in [0.15, 0.2) is 69.9 Å². The largest absolute Gasteiger partial charge is 0.507 e. The van der Waals surface area contributed by atoms with Gasteiger partial charge in [-0.15, -0.1) is 0 Å². The molecule has 2 heterocycles. The van der Waals surface area contributed by atoms with Crippen LogP contribution in [0.25, 0.3) is 22.1 Å². The van der Waals surface area contributed by atoms with Gasteiger partial charge in [-0.3, -0.25) is 4.79 Å². The van der Waals surface area contributed by atoms with Gasteiger partial charge in [0.1, 0.15) is 28.9 Å². The topological polar surface area (TPSA) is 188 Å². The average Bonchev–Trinajstić information content (AvgIpc) is 2.99. The molecule has 0 radical (unpaired) electrons. The Labute approximate surface area is 257 Å². The van der Waals surface area contributed by atoms with E-state index in [-0.39, 0.29) is 39.2 Å². The number of carbonyl (C=O) groups excluding carboxylic acids is 2. The maximum absolute atomic E-state index is 13.3. The second kappa shape index (κ2) is 12.2. The Hall–Kier alpha value is -4.91. The Balaban J connectivity index is 1.44. The van der Waals surface area contributed by atoms with E-state index >= 15 is 0 Å². The smallest absolute Gasteiger partial charge is 0.404 e. The number of primary amides is 1. The quantitative estimate of drug-likeness (QED) is 0.165. The lowest BCUT2D eigenvalue weighted by Crippen LogP contribution is -2.65. The van der Waals surface area contributed by atoms with E-state index in [9.17, 15) is 29.7 Å². The Morgan fingerprint density at radius 3 is 2.38 bits per heavy atom. The Morgan fingerprint density at radius 1 is 1.00 bits per heavy atom. The van der Waals surface area contributed by atoms with Crippen molar-refractivity contribution >= 4 is 22.8 Å². The van der Waals surface area contributed by atoms with Crippen LogP contribution in [-0.2, 0) is 20.6 Å². The number of benzene rings is 3. The zero-order chi connectivity index (χ0) is 32.6. The third kappa shape index (κ3) is 5.95. The van der Waals surface area contributed by atoms with Gasteiger partial charge in [0, 0.05) is 24.7 Å². The molecule has 3 aromatic carbocycles.